The molecule has 2 atom stereocenters. The molecule has 1 fully saturated rings. The summed E-state index contributed by atoms with van der Waals surface area (Å²) in [5, 5.41) is 0. The minimum Gasteiger partial charge on any atom is -0.493 e. The zero-order valence-electron chi connectivity index (χ0n) is 10.9. The molecule has 1 aliphatic heterocycles. The van der Waals surface area contributed by atoms with Gasteiger partial charge in [-0.2, -0.15) is 0 Å². The summed E-state index contributed by atoms with van der Waals surface area (Å²) in [6.45, 7) is 2.59. The molecule has 0 bridgehead atoms. The fourth-order valence-corrected chi connectivity index (χ4v) is 2.35. The van der Waals surface area contributed by atoms with Crippen molar-refractivity contribution in [1.82, 2.24) is 0 Å². The summed E-state index contributed by atoms with van der Waals surface area (Å²) in [5.74, 6) is 1.22. The van der Waals surface area contributed by atoms with Crippen LogP contribution in [-0.2, 0) is 9.53 Å². The van der Waals surface area contributed by atoms with E-state index in [1.54, 1.807) is 14.2 Å². The van der Waals surface area contributed by atoms with Crippen LogP contribution < -0.4 is 9.47 Å². The highest BCUT2D eigenvalue weighted by atomic mass is 16.5. The standard InChI is InChI=1S/C14H18O4/c1-9-6-7-18-14(15)13(9)10-4-5-11(16-2)12(8-10)17-3/h4-5,8-9,13H,6-7H2,1-3H3/t9?,13-/m0/s1. The van der Waals surface area contributed by atoms with Crippen LogP contribution in [0.4, 0.5) is 0 Å². The van der Waals surface area contributed by atoms with Gasteiger partial charge in [-0.15, -0.1) is 0 Å². The van der Waals surface area contributed by atoms with Gasteiger partial charge in [-0.3, -0.25) is 4.79 Å². The highest BCUT2D eigenvalue weighted by Gasteiger charge is 2.32. The summed E-state index contributed by atoms with van der Waals surface area (Å²) >= 11 is 0. The molecule has 0 radical (unpaired) electrons. The molecule has 1 heterocycles. The van der Waals surface area contributed by atoms with Crippen molar-refractivity contribution in [2.75, 3.05) is 20.8 Å². The van der Waals surface area contributed by atoms with Crippen molar-refractivity contribution in [3.63, 3.8) is 0 Å². The van der Waals surface area contributed by atoms with Crippen LogP contribution in [0.2, 0.25) is 0 Å². The first-order valence-corrected chi connectivity index (χ1v) is 6.06. The Morgan fingerprint density at radius 2 is 1.94 bits per heavy atom. The molecule has 1 aliphatic rings. The van der Waals surface area contributed by atoms with E-state index in [4.69, 9.17) is 14.2 Å². The first-order chi connectivity index (χ1) is 8.67. The predicted octanol–water partition coefficient (Wildman–Crippen LogP) is 2.37. The van der Waals surface area contributed by atoms with Gasteiger partial charge >= 0.3 is 5.97 Å². The molecular formula is C14H18O4. The molecule has 0 aromatic heterocycles. The molecule has 2 rings (SSSR count). The summed E-state index contributed by atoms with van der Waals surface area (Å²) < 4.78 is 15.6. The average molecular weight is 250 g/mol. The van der Waals surface area contributed by atoms with E-state index in [1.807, 2.05) is 18.2 Å². The van der Waals surface area contributed by atoms with Crippen LogP contribution in [0.25, 0.3) is 0 Å². The Balaban J connectivity index is 2.35. The maximum absolute atomic E-state index is 11.9. The molecule has 1 aromatic carbocycles. The number of ether oxygens (including phenoxy) is 3. The number of rotatable bonds is 3. The van der Waals surface area contributed by atoms with Crippen molar-refractivity contribution < 1.29 is 19.0 Å². The van der Waals surface area contributed by atoms with Gasteiger partial charge in [0.2, 0.25) is 0 Å². The van der Waals surface area contributed by atoms with Gasteiger partial charge in [0.15, 0.2) is 11.5 Å². The lowest BCUT2D eigenvalue weighted by atomic mass is 9.84. The molecular weight excluding hydrogens is 232 g/mol. The fraction of sp³-hybridized carbons (Fsp3) is 0.500. The van der Waals surface area contributed by atoms with Crippen molar-refractivity contribution in [1.29, 1.82) is 0 Å². The lowest BCUT2D eigenvalue weighted by Crippen LogP contribution is -2.29. The summed E-state index contributed by atoms with van der Waals surface area (Å²) in [6, 6.07) is 5.57. The number of hydrogen-bond acceptors (Lipinski definition) is 4. The van der Waals surface area contributed by atoms with E-state index < -0.39 is 0 Å². The number of esters is 1. The topological polar surface area (TPSA) is 44.8 Å². The minimum absolute atomic E-state index is 0.152. The Kier molecular flexibility index (Phi) is 3.75. The van der Waals surface area contributed by atoms with Crippen LogP contribution in [0.1, 0.15) is 24.8 Å². The van der Waals surface area contributed by atoms with Crippen LogP contribution in [0.15, 0.2) is 18.2 Å². The summed E-state index contributed by atoms with van der Waals surface area (Å²) in [5.41, 5.74) is 0.921. The van der Waals surface area contributed by atoms with E-state index in [2.05, 4.69) is 6.92 Å². The molecule has 0 N–H and O–H groups in total. The van der Waals surface area contributed by atoms with Crippen molar-refractivity contribution in [3.05, 3.63) is 23.8 Å². The summed E-state index contributed by atoms with van der Waals surface area (Å²) in [4.78, 5) is 11.9. The van der Waals surface area contributed by atoms with Crippen LogP contribution in [0, 0.1) is 5.92 Å². The van der Waals surface area contributed by atoms with Gasteiger partial charge in [0, 0.05) is 0 Å². The van der Waals surface area contributed by atoms with E-state index in [0.29, 0.717) is 18.1 Å². The molecule has 1 aromatic rings. The van der Waals surface area contributed by atoms with Gasteiger partial charge in [-0.1, -0.05) is 13.0 Å². The minimum atomic E-state index is -0.210. The van der Waals surface area contributed by atoms with Crippen LogP contribution >= 0.6 is 0 Å². The van der Waals surface area contributed by atoms with Gasteiger partial charge in [0.05, 0.1) is 26.7 Å². The van der Waals surface area contributed by atoms with Gasteiger partial charge in [0.1, 0.15) is 0 Å². The number of carbonyl (C=O) groups is 1. The molecule has 0 aliphatic carbocycles. The largest absolute Gasteiger partial charge is 0.493 e. The van der Waals surface area contributed by atoms with Crippen LogP contribution in [0.5, 0.6) is 11.5 Å². The summed E-state index contributed by atoms with van der Waals surface area (Å²) in [6.07, 6.45) is 0.894. The van der Waals surface area contributed by atoms with Crippen LogP contribution in [0.3, 0.4) is 0 Å². The molecule has 0 saturated carbocycles. The van der Waals surface area contributed by atoms with Crippen molar-refractivity contribution >= 4 is 5.97 Å². The lowest BCUT2D eigenvalue weighted by Gasteiger charge is -2.28. The van der Waals surface area contributed by atoms with E-state index in [-0.39, 0.29) is 17.8 Å². The quantitative estimate of drug-likeness (QED) is 0.772. The number of carbonyl (C=O) groups excluding carboxylic acids is 1. The zero-order chi connectivity index (χ0) is 13.1. The maximum atomic E-state index is 11.9. The SMILES string of the molecule is COc1ccc([C@H]2C(=O)OCCC2C)cc1OC. The Morgan fingerprint density at radius 3 is 2.56 bits per heavy atom. The number of cyclic esters (lactones) is 1. The van der Waals surface area contributed by atoms with E-state index in [0.717, 1.165) is 12.0 Å². The second kappa shape index (κ2) is 5.29. The van der Waals surface area contributed by atoms with Gasteiger partial charge < -0.3 is 14.2 Å². The van der Waals surface area contributed by atoms with Gasteiger partial charge in [-0.05, 0) is 30.0 Å². The molecule has 1 saturated heterocycles. The Labute approximate surface area is 107 Å². The Hall–Kier alpha value is -1.71. The lowest BCUT2D eigenvalue weighted by molar-refractivity contribution is -0.151. The third-order valence-corrected chi connectivity index (χ3v) is 3.41. The first kappa shape index (κ1) is 12.7. The Morgan fingerprint density at radius 1 is 1.22 bits per heavy atom. The maximum Gasteiger partial charge on any atom is 0.313 e. The van der Waals surface area contributed by atoms with Gasteiger partial charge in [0.25, 0.3) is 0 Å². The number of benzene rings is 1. The first-order valence-electron chi connectivity index (χ1n) is 6.06. The normalized spacial score (nSPS) is 23.4. The molecule has 98 valence electrons. The van der Waals surface area contributed by atoms with Crippen LogP contribution in [-0.4, -0.2) is 26.8 Å². The molecule has 4 nitrogen and oxygen atoms in total. The summed E-state index contributed by atoms with van der Waals surface area (Å²) in [7, 11) is 3.18. The molecule has 18 heavy (non-hydrogen) atoms. The predicted molar refractivity (Wildman–Crippen MR) is 67.0 cm³/mol. The van der Waals surface area contributed by atoms with E-state index >= 15 is 0 Å². The average Bonchev–Trinajstić information content (AvgIpc) is 2.38. The fourth-order valence-electron chi connectivity index (χ4n) is 2.35. The zero-order valence-corrected chi connectivity index (χ0v) is 10.9. The van der Waals surface area contributed by atoms with Gasteiger partial charge in [-0.25, -0.2) is 0 Å². The second-order valence-corrected chi connectivity index (χ2v) is 4.53. The molecule has 1 unspecified atom stereocenters. The van der Waals surface area contributed by atoms with Crippen molar-refractivity contribution in [2.24, 2.45) is 5.92 Å². The highest BCUT2D eigenvalue weighted by molar-refractivity contribution is 5.79. The molecule has 0 spiro atoms. The molecule has 4 heteroatoms. The smallest absolute Gasteiger partial charge is 0.313 e. The number of methoxy groups -OCH3 is 2. The monoisotopic (exact) mass is 250 g/mol. The number of hydrogen-bond donors (Lipinski definition) is 0. The van der Waals surface area contributed by atoms with E-state index in [1.165, 1.54) is 0 Å². The van der Waals surface area contributed by atoms with Crippen molar-refractivity contribution in [3.8, 4) is 11.5 Å². The second-order valence-electron chi connectivity index (χ2n) is 4.53. The third kappa shape index (κ3) is 2.28. The highest BCUT2D eigenvalue weighted by Crippen LogP contribution is 2.36. The van der Waals surface area contributed by atoms with E-state index in [9.17, 15) is 4.79 Å². The molecule has 0 amide bonds. The third-order valence-electron chi connectivity index (χ3n) is 3.41. The Bertz CT molecular complexity index is 441. The van der Waals surface area contributed by atoms with Crippen molar-refractivity contribution in [2.45, 2.75) is 19.3 Å².